The van der Waals surface area contributed by atoms with E-state index in [4.69, 9.17) is 14.2 Å². The summed E-state index contributed by atoms with van der Waals surface area (Å²) in [5, 5.41) is 0. The van der Waals surface area contributed by atoms with Crippen molar-refractivity contribution >= 4 is 17.9 Å². The monoisotopic (exact) mass is 985 g/mol. The van der Waals surface area contributed by atoms with Gasteiger partial charge in [-0.2, -0.15) is 0 Å². The third-order valence-corrected chi connectivity index (χ3v) is 12.3. The zero-order valence-electron chi connectivity index (χ0n) is 46.2. The van der Waals surface area contributed by atoms with Crippen LogP contribution in [0.15, 0.2) is 109 Å². The minimum Gasteiger partial charge on any atom is -0.462 e. The van der Waals surface area contributed by atoms with E-state index in [0.717, 1.165) is 141 Å². The molecule has 1 unspecified atom stereocenters. The summed E-state index contributed by atoms with van der Waals surface area (Å²) in [5.74, 6) is -0.913. The summed E-state index contributed by atoms with van der Waals surface area (Å²) in [7, 11) is 0. The van der Waals surface area contributed by atoms with Gasteiger partial charge in [0.05, 0.1) is 0 Å². The molecule has 0 bridgehead atoms. The molecular formula is C65H108O6. The van der Waals surface area contributed by atoms with Crippen molar-refractivity contribution in [3.05, 3.63) is 109 Å². The summed E-state index contributed by atoms with van der Waals surface area (Å²) in [5.41, 5.74) is 0. The lowest BCUT2D eigenvalue weighted by molar-refractivity contribution is -0.167. The molecule has 0 saturated heterocycles. The molecule has 0 aromatic heterocycles. The van der Waals surface area contributed by atoms with Gasteiger partial charge in [-0.1, -0.05) is 252 Å². The number of rotatable bonds is 52. The highest BCUT2D eigenvalue weighted by Gasteiger charge is 2.19. The van der Waals surface area contributed by atoms with E-state index in [1.165, 1.54) is 83.5 Å². The number of hydrogen-bond acceptors (Lipinski definition) is 6. The Kier molecular flexibility index (Phi) is 55.4. The van der Waals surface area contributed by atoms with Gasteiger partial charge in [0.25, 0.3) is 0 Å². The molecule has 6 nitrogen and oxygen atoms in total. The van der Waals surface area contributed by atoms with Gasteiger partial charge in [0, 0.05) is 19.3 Å². The van der Waals surface area contributed by atoms with E-state index >= 15 is 0 Å². The second-order valence-corrected chi connectivity index (χ2v) is 19.1. The molecule has 1 atom stereocenters. The predicted molar refractivity (Wildman–Crippen MR) is 307 cm³/mol. The molecule has 6 heteroatoms. The van der Waals surface area contributed by atoms with Gasteiger partial charge in [0.1, 0.15) is 13.2 Å². The van der Waals surface area contributed by atoms with Gasteiger partial charge in [0.2, 0.25) is 0 Å². The van der Waals surface area contributed by atoms with Crippen LogP contribution >= 0.6 is 0 Å². The maximum atomic E-state index is 12.9. The number of hydrogen-bond donors (Lipinski definition) is 0. The van der Waals surface area contributed by atoms with Crippen molar-refractivity contribution in [3.63, 3.8) is 0 Å². The van der Waals surface area contributed by atoms with E-state index in [1.807, 2.05) is 0 Å². The van der Waals surface area contributed by atoms with Crippen LogP contribution in [-0.4, -0.2) is 37.2 Å². The maximum Gasteiger partial charge on any atom is 0.306 e. The summed E-state index contributed by atoms with van der Waals surface area (Å²) in [6.07, 6.45) is 79.3. The second kappa shape index (κ2) is 58.6. The Labute approximate surface area is 438 Å². The van der Waals surface area contributed by atoms with Gasteiger partial charge >= 0.3 is 17.9 Å². The molecule has 0 saturated carbocycles. The van der Waals surface area contributed by atoms with Crippen LogP contribution in [0.5, 0.6) is 0 Å². The summed E-state index contributed by atoms with van der Waals surface area (Å²) >= 11 is 0. The Morgan fingerprint density at radius 1 is 0.296 bits per heavy atom. The molecule has 0 rings (SSSR count). The average Bonchev–Trinajstić information content (AvgIpc) is 3.37. The molecule has 0 radical (unpaired) electrons. The summed E-state index contributed by atoms with van der Waals surface area (Å²) in [6.45, 7) is 6.39. The number of unbranched alkanes of at least 4 members (excludes halogenated alkanes) is 23. The lowest BCUT2D eigenvalue weighted by atomic mass is 10.1. The molecule has 71 heavy (non-hydrogen) atoms. The highest BCUT2D eigenvalue weighted by Crippen LogP contribution is 2.15. The number of carbonyl (C=O) groups excluding carboxylic acids is 3. The van der Waals surface area contributed by atoms with Crippen molar-refractivity contribution in [2.75, 3.05) is 13.2 Å². The van der Waals surface area contributed by atoms with Crippen molar-refractivity contribution in [2.45, 2.75) is 271 Å². The van der Waals surface area contributed by atoms with Crippen LogP contribution in [0.4, 0.5) is 0 Å². The normalized spacial score (nSPS) is 12.9. The van der Waals surface area contributed by atoms with Crippen LogP contribution in [0.2, 0.25) is 0 Å². The Morgan fingerprint density at radius 3 is 0.859 bits per heavy atom. The fourth-order valence-electron chi connectivity index (χ4n) is 7.93. The lowest BCUT2D eigenvalue weighted by Gasteiger charge is -2.18. The van der Waals surface area contributed by atoms with Crippen LogP contribution in [0.1, 0.15) is 265 Å². The third kappa shape index (κ3) is 56.9. The average molecular weight is 986 g/mol. The van der Waals surface area contributed by atoms with E-state index < -0.39 is 6.10 Å². The van der Waals surface area contributed by atoms with Gasteiger partial charge < -0.3 is 14.2 Å². The van der Waals surface area contributed by atoms with Gasteiger partial charge in [-0.15, -0.1) is 0 Å². The van der Waals surface area contributed by atoms with Gasteiger partial charge in [-0.3, -0.25) is 14.4 Å². The Hall–Kier alpha value is -3.93. The zero-order chi connectivity index (χ0) is 51.4. The molecule has 0 N–H and O–H groups in total. The van der Waals surface area contributed by atoms with Crippen molar-refractivity contribution in [3.8, 4) is 0 Å². The van der Waals surface area contributed by atoms with E-state index in [2.05, 4.69) is 130 Å². The molecule has 0 aromatic rings. The minimum atomic E-state index is -0.791. The number of esters is 3. The number of ether oxygens (including phenoxy) is 3. The standard InChI is InChI=1S/C65H108O6/c1-4-7-10-13-16-19-22-24-26-28-30-32-34-36-38-40-43-46-49-52-55-58-64(67)70-61-62(60-69-63(66)57-54-51-48-45-42-21-18-15-12-9-6-3)71-65(68)59-56-53-50-47-44-41-39-37-35-33-31-29-27-25-23-20-17-14-11-8-5-2/h7-8,10-11,16-17,19-20,24-27,30-33,36,38,62H,4-6,9,12-15,18,21-23,28-29,34-35,37,39-61H2,1-3H3/b10-7-,11-8-,19-16-,20-17-,26-24-,27-25-,32-30-,33-31-,38-36-. The number of carbonyl (C=O) groups is 3. The second-order valence-electron chi connectivity index (χ2n) is 19.1. The van der Waals surface area contributed by atoms with Gasteiger partial charge in [-0.05, 0) is 103 Å². The van der Waals surface area contributed by atoms with Crippen molar-refractivity contribution in [2.24, 2.45) is 0 Å². The molecule has 0 aliphatic heterocycles. The first-order valence-electron chi connectivity index (χ1n) is 29.4. The molecule has 0 fully saturated rings. The largest absolute Gasteiger partial charge is 0.462 e. The predicted octanol–water partition coefficient (Wildman–Crippen LogP) is 19.9. The fourth-order valence-corrected chi connectivity index (χ4v) is 7.93. The van der Waals surface area contributed by atoms with Crippen LogP contribution in [0.25, 0.3) is 0 Å². The first-order chi connectivity index (χ1) is 35.0. The summed E-state index contributed by atoms with van der Waals surface area (Å²) in [4.78, 5) is 38.2. The van der Waals surface area contributed by atoms with Crippen LogP contribution in [0.3, 0.4) is 0 Å². The Balaban J connectivity index is 4.39. The van der Waals surface area contributed by atoms with Crippen molar-refractivity contribution in [1.29, 1.82) is 0 Å². The fraction of sp³-hybridized carbons (Fsp3) is 0.677. The highest BCUT2D eigenvalue weighted by atomic mass is 16.6. The third-order valence-electron chi connectivity index (χ3n) is 12.3. The minimum absolute atomic E-state index is 0.0872. The highest BCUT2D eigenvalue weighted by molar-refractivity contribution is 5.71. The summed E-state index contributed by atoms with van der Waals surface area (Å²) < 4.78 is 16.9. The van der Waals surface area contributed by atoms with E-state index in [1.54, 1.807) is 0 Å². The topological polar surface area (TPSA) is 78.9 Å². The van der Waals surface area contributed by atoms with E-state index in [-0.39, 0.29) is 31.1 Å². The van der Waals surface area contributed by atoms with E-state index in [9.17, 15) is 14.4 Å². The van der Waals surface area contributed by atoms with Crippen LogP contribution in [-0.2, 0) is 28.6 Å². The Morgan fingerprint density at radius 2 is 0.549 bits per heavy atom. The molecule has 0 aromatic carbocycles. The smallest absolute Gasteiger partial charge is 0.306 e. The molecule has 404 valence electrons. The molecular weight excluding hydrogens is 877 g/mol. The molecule has 0 heterocycles. The molecule has 0 amide bonds. The van der Waals surface area contributed by atoms with Gasteiger partial charge in [-0.25, -0.2) is 0 Å². The van der Waals surface area contributed by atoms with Crippen molar-refractivity contribution < 1.29 is 28.6 Å². The van der Waals surface area contributed by atoms with Crippen LogP contribution in [0, 0.1) is 0 Å². The number of allylic oxidation sites excluding steroid dienone is 18. The SMILES string of the molecule is CC/C=C\C/C=C\C/C=C\C/C=C\C/C=C\CCCCCCCC(=O)OCC(COC(=O)CCCCCCCCCCCCC)OC(=O)CCCCCCCCCC/C=C\C/C=C\C/C=C\C/C=C\CC. The molecule has 0 spiro atoms. The molecule has 0 aliphatic carbocycles. The first-order valence-corrected chi connectivity index (χ1v) is 29.4. The zero-order valence-corrected chi connectivity index (χ0v) is 46.2. The quantitative estimate of drug-likeness (QED) is 0.0261. The first kappa shape index (κ1) is 67.1. The molecule has 0 aliphatic rings. The maximum absolute atomic E-state index is 12.9. The lowest BCUT2D eigenvalue weighted by Crippen LogP contribution is -2.30. The van der Waals surface area contributed by atoms with E-state index in [0.29, 0.717) is 19.3 Å². The Bertz CT molecular complexity index is 1460. The summed E-state index contributed by atoms with van der Waals surface area (Å²) in [6, 6.07) is 0. The van der Waals surface area contributed by atoms with Crippen molar-refractivity contribution in [1.82, 2.24) is 0 Å². The van der Waals surface area contributed by atoms with Gasteiger partial charge in [0.15, 0.2) is 6.10 Å². The van der Waals surface area contributed by atoms with Crippen LogP contribution < -0.4 is 0 Å².